The molecule has 0 radical (unpaired) electrons. The van der Waals surface area contributed by atoms with Crippen LogP contribution in [0.1, 0.15) is 38.5 Å². The van der Waals surface area contributed by atoms with Crippen LogP contribution >= 0.6 is 0 Å². The van der Waals surface area contributed by atoms with Crippen molar-refractivity contribution in [1.82, 2.24) is 5.32 Å². The third-order valence-corrected chi connectivity index (χ3v) is 5.01. The maximum absolute atomic E-state index is 13.3. The van der Waals surface area contributed by atoms with Crippen LogP contribution < -0.4 is 11.1 Å². The van der Waals surface area contributed by atoms with Crippen LogP contribution in [-0.4, -0.2) is 23.9 Å². The van der Waals surface area contributed by atoms with Crippen molar-refractivity contribution < 1.29 is 13.6 Å². The molecule has 1 amide bonds. The second kappa shape index (κ2) is 3.89. The van der Waals surface area contributed by atoms with Gasteiger partial charge in [0.25, 0.3) is 5.91 Å². The van der Waals surface area contributed by atoms with E-state index in [0.717, 1.165) is 19.3 Å². The first kappa shape index (κ1) is 12.3. The van der Waals surface area contributed by atoms with E-state index in [4.69, 9.17) is 5.73 Å². The number of hydrogen-bond acceptors (Lipinski definition) is 2. The van der Waals surface area contributed by atoms with Crippen LogP contribution in [0.3, 0.4) is 0 Å². The summed E-state index contributed by atoms with van der Waals surface area (Å²) in [5.41, 5.74) is 4.61. The summed E-state index contributed by atoms with van der Waals surface area (Å²) in [6.07, 6.45) is 6.31. The molecule has 4 aliphatic carbocycles. The topological polar surface area (TPSA) is 55.1 Å². The van der Waals surface area contributed by atoms with Crippen LogP contribution in [-0.2, 0) is 4.79 Å². The normalized spacial score (nSPS) is 42.1. The number of carbonyl (C=O) groups is 1. The highest BCUT2D eigenvalue weighted by atomic mass is 19.3. The van der Waals surface area contributed by atoms with E-state index < -0.39 is 18.4 Å². The lowest BCUT2D eigenvalue weighted by Gasteiger charge is -2.57. The van der Waals surface area contributed by atoms with Gasteiger partial charge in [0.1, 0.15) is 0 Å². The van der Waals surface area contributed by atoms with Crippen molar-refractivity contribution in [3.05, 3.63) is 0 Å². The summed E-state index contributed by atoms with van der Waals surface area (Å²) < 4.78 is 26.6. The molecule has 0 aromatic carbocycles. The number of nitrogens with one attached hydrogen (secondary N) is 1. The Balaban J connectivity index is 1.74. The van der Waals surface area contributed by atoms with Crippen LogP contribution in [0.15, 0.2) is 0 Å². The summed E-state index contributed by atoms with van der Waals surface area (Å²) in [4.78, 5) is 11.6. The molecule has 0 saturated heterocycles. The predicted molar refractivity (Wildman–Crippen MR) is 63.0 cm³/mol. The average molecular weight is 258 g/mol. The van der Waals surface area contributed by atoms with Gasteiger partial charge in [-0.1, -0.05) is 0 Å². The quantitative estimate of drug-likeness (QED) is 0.809. The van der Waals surface area contributed by atoms with Crippen LogP contribution in [0.2, 0.25) is 0 Å². The second-order valence-electron chi connectivity index (χ2n) is 6.56. The first-order chi connectivity index (χ1) is 8.42. The van der Waals surface area contributed by atoms with Crippen LogP contribution in [0.5, 0.6) is 0 Å². The number of nitrogens with two attached hydrogens (primary N) is 1. The van der Waals surface area contributed by atoms with Crippen LogP contribution in [0.4, 0.5) is 8.78 Å². The molecule has 0 unspecified atom stereocenters. The molecule has 4 fully saturated rings. The number of carbonyl (C=O) groups excluding carboxylic acids is 1. The van der Waals surface area contributed by atoms with E-state index in [1.54, 1.807) is 0 Å². The van der Waals surface area contributed by atoms with Crippen molar-refractivity contribution in [3.63, 3.8) is 0 Å². The molecule has 0 spiro atoms. The van der Waals surface area contributed by atoms with Crippen molar-refractivity contribution in [2.45, 2.75) is 50.0 Å². The van der Waals surface area contributed by atoms with E-state index in [2.05, 4.69) is 5.32 Å². The molecule has 3 nitrogen and oxygen atoms in total. The van der Waals surface area contributed by atoms with Crippen molar-refractivity contribution in [2.75, 3.05) is 6.54 Å². The minimum absolute atomic E-state index is 0.357. The number of amides is 1. The molecular formula is C13H20F2N2O. The number of hydrogen-bond donors (Lipinski definition) is 2. The third-order valence-electron chi connectivity index (χ3n) is 5.01. The van der Waals surface area contributed by atoms with Crippen molar-refractivity contribution >= 4 is 5.91 Å². The molecule has 0 aromatic rings. The van der Waals surface area contributed by atoms with Gasteiger partial charge in [0.05, 0.1) is 6.54 Å². The Morgan fingerprint density at radius 3 is 2.00 bits per heavy atom. The van der Waals surface area contributed by atoms with Crippen molar-refractivity contribution in [3.8, 4) is 0 Å². The molecule has 102 valence electrons. The van der Waals surface area contributed by atoms with Gasteiger partial charge in [-0.15, -0.1) is 0 Å². The second-order valence-corrected chi connectivity index (χ2v) is 6.56. The lowest BCUT2D eigenvalue weighted by Crippen LogP contribution is -2.62. The van der Waals surface area contributed by atoms with Gasteiger partial charge in [0, 0.05) is 5.54 Å². The van der Waals surface area contributed by atoms with Crippen LogP contribution in [0.25, 0.3) is 0 Å². The smallest absolute Gasteiger partial charge is 0.336 e. The van der Waals surface area contributed by atoms with E-state index in [9.17, 15) is 13.6 Å². The average Bonchev–Trinajstić information content (AvgIpc) is 2.26. The monoisotopic (exact) mass is 258 g/mol. The van der Waals surface area contributed by atoms with E-state index in [-0.39, 0.29) is 5.54 Å². The highest BCUT2D eigenvalue weighted by molar-refractivity contribution is 5.84. The molecule has 5 heteroatoms. The van der Waals surface area contributed by atoms with E-state index in [1.807, 2.05) is 0 Å². The Morgan fingerprint density at radius 2 is 1.61 bits per heavy atom. The lowest BCUT2D eigenvalue weighted by molar-refractivity contribution is -0.149. The lowest BCUT2D eigenvalue weighted by atomic mass is 9.53. The molecule has 4 bridgehead atoms. The molecule has 0 aliphatic heterocycles. The Kier molecular flexibility index (Phi) is 2.66. The molecule has 0 aromatic heterocycles. The van der Waals surface area contributed by atoms with Crippen molar-refractivity contribution in [2.24, 2.45) is 23.5 Å². The van der Waals surface area contributed by atoms with Gasteiger partial charge in [-0.05, 0) is 56.3 Å². The van der Waals surface area contributed by atoms with E-state index >= 15 is 0 Å². The SMILES string of the molecule is NCC(F)(F)C(=O)NC12CC3CC(CC(C3)C1)C2. The minimum atomic E-state index is -3.43. The molecule has 4 aliphatic rings. The van der Waals surface area contributed by atoms with Gasteiger partial charge < -0.3 is 11.1 Å². The molecule has 18 heavy (non-hydrogen) atoms. The highest BCUT2D eigenvalue weighted by Crippen LogP contribution is 2.55. The van der Waals surface area contributed by atoms with E-state index in [0.29, 0.717) is 17.8 Å². The number of alkyl halides is 2. The zero-order valence-electron chi connectivity index (χ0n) is 10.4. The zero-order valence-corrected chi connectivity index (χ0v) is 10.4. The highest BCUT2D eigenvalue weighted by Gasteiger charge is 2.53. The molecule has 0 atom stereocenters. The van der Waals surface area contributed by atoms with Gasteiger partial charge in [0.15, 0.2) is 0 Å². The molecule has 0 heterocycles. The standard InChI is InChI=1S/C13H20F2N2O/c14-13(15,7-16)11(18)17-12-4-8-1-9(5-12)3-10(2-8)6-12/h8-10H,1-7,16H2,(H,17,18). The van der Waals surface area contributed by atoms with Gasteiger partial charge in [-0.2, -0.15) is 8.78 Å². The molecule has 3 N–H and O–H groups in total. The summed E-state index contributed by atoms with van der Waals surface area (Å²) in [5.74, 6) is -2.72. The Labute approximate surface area is 105 Å². The Hall–Kier alpha value is -0.710. The van der Waals surface area contributed by atoms with Crippen LogP contribution in [0, 0.1) is 17.8 Å². The fourth-order valence-corrected chi connectivity index (χ4v) is 4.69. The largest absolute Gasteiger partial charge is 0.345 e. The van der Waals surface area contributed by atoms with Gasteiger partial charge in [-0.25, -0.2) is 0 Å². The predicted octanol–water partition coefficient (Wildman–Crippen LogP) is 1.67. The Bertz CT molecular complexity index is 335. The first-order valence-electron chi connectivity index (χ1n) is 6.83. The Morgan fingerprint density at radius 1 is 1.17 bits per heavy atom. The maximum Gasteiger partial charge on any atom is 0.336 e. The number of halogens is 2. The summed E-state index contributed by atoms with van der Waals surface area (Å²) in [6.45, 7) is -0.912. The fraction of sp³-hybridized carbons (Fsp3) is 0.923. The maximum atomic E-state index is 13.3. The third kappa shape index (κ3) is 1.92. The minimum Gasteiger partial charge on any atom is -0.345 e. The van der Waals surface area contributed by atoms with Crippen molar-refractivity contribution in [1.29, 1.82) is 0 Å². The first-order valence-corrected chi connectivity index (χ1v) is 6.83. The zero-order chi connectivity index (χ0) is 13.0. The fourth-order valence-electron chi connectivity index (χ4n) is 4.69. The number of rotatable bonds is 3. The summed E-state index contributed by atoms with van der Waals surface area (Å²) >= 11 is 0. The van der Waals surface area contributed by atoms with Gasteiger partial charge >= 0.3 is 5.92 Å². The molecular weight excluding hydrogens is 238 g/mol. The van der Waals surface area contributed by atoms with Gasteiger partial charge in [-0.3, -0.25) is 4.79 Å². The summed E-state index contributed by atoms with van der Waals surface area (Å²) in [7, 11) is 0. The van der Waals surface area contributed by atoms with E-state index in [1.165, 1.54) is 19.3 Å². The summed E-state index contributed by atoms with van der Waals surface area (Å²) in [6, 6.07) is 0. The summed E-state index contributed by atoms with van der Waals surface area (Å²) in [5, 5.41) is 2.65. The van der Waals surface area contributed by atoms with Gasteiger partial charge in [0.2, 0.25) is 0 Å². The molecule has 4 saturated carbocycles. The molecule has 4 rings (SSSR count).